The number of hydrogen-bond acceptors (Lipinski definition) is 4. The fourth-order valence-corrected chi connectivity index (χ4v) is 1.67. The Morgan fingerprint density at radius 1 is 1.31 bits per heavy atom. The van der Waals surface area contributed by atoms with Gasteiger partial charge < -0.3 is 5.32 Å². The first-order chi connectivity index (χ1) is 7.70. The molecule has 0 fully saturated rings. The van der Waals surface area contributed by atoms with Crippen molar-refractivity contribution in [2.75, 3.05) is 7.05 Å². The van der Waals surface area contributed by atoms with E-state index in [1.807, 2.05) is 39.3 Å². The maximum Gasteiger partial charge on any atom is 0.125 e. The van der Waals surface area contributed by atoms with Crippen molar-refractivity contribution in [1.82, 2.24) is 25.1 Å². The zero-order valence-electron chi connectivity index (χ0n) is 9.68. The maximum atomic E-state index is 4.41. The van der Waals surface area contributed by atoms with Gasteiger partial charge in [0.25, 0.3) is 0 Å². The molecule has 5 nitrogen and oxygen atoms in total. The van der Waals surface area contributed by atoms with Gasteiger partial charge in [0.1, 0.15) is 5.82 Å². The largest absolute Gasteiger partial charge is 0.307 e. The number of rotatable bonds is 3. The Bertz CT molecular complexity index is 477. The predicted molar refractivity (Wildman–Crippen MR) is 60.9 cm³/mol. The zero-order chi connectivity index (χ0) is 11.5. The topological polar surface area (TPSA) is 55.6 Å². The molecule has 0 aliphatic carbocycles. The second-order valence-electron chi connectivity index (χ2n) is 3.66. The van der Waals surface area contributed by atoms with Crippen LogP contribution in [0.2, 0.25) is 0 Å². The van der Waals surface area contributed by atoms with Crippen molar-refractivity contribution in [2.24, 2.45) is 7.05 Å². The van der Waals surface area contributed by atoms with Gasteiger partial charge in [0.2, 0.25) is 0 Å². The van der Waals surface area contributed by atoms with Gasteiger partial charge >= 0.3 is 0 Å². The Morgan fingerprint density at radius 2 is 2.12 bits per heavy atom. The third kappa shape index (κ3) is 2.09. The van der Waals surface area contributed by atoms with E-state index in [2.05, 4.69) is 20.4 Å². The molecule has 0 spiro atoms. The highest BCUT2D eigenvalue weighted by atomic mass is 15.3. The van der Waals surface area contributed by atoms with Gasteiger partial charge in [0.05, 0.1) is 17.4 Å². The third-order valence-electron chi connectivity index (χ3n) is 2.41. The molecule has 84 valence electrons. The lowest BCUT2D eigenvalue weighted by atomic mass is 10.1. The molecule has 1 unspecified atom stereocenters. The average molecular weight is 217 g/mol. The Kier molecular flexibility index (Phi) is 2.96. The summed E-state index contributed by atoms with van der Waals surface area (Å²) in [4.78, 5) is 8.50. The lowest BCUT2D eigenvalue weighted by Gasteiger charge is -2.13. The first kappa shape index (κ1) is 10.8. The number of aromatic nitrogens is 4. The molecule has 16 heavy (non-hydrogen) atoms. The van der Waals surface area contributed by atoms with Crippen molar-refractivity contribution in [3.05, 3.63) is 41.7 Å². The van der Waals surface area contributed by atoms with Crippen LogP contribution >= 0.6 is 0 Å². The summed E-state index contributed by atoms with van der Waals surface area (Å²) in [6.45, 7) is 1.88. The minimum Gasteiger partial charge on any atom is -0.307 e. The van der Waals surface area contributed by atoms with Crippen LogP contribution in [0.15, 0.2) is 24.5 Å². The molecule has 0 saturated carbocycles. The molecule has 5 heteroatoms. The number of hydrogen-bond donors (Lipinski definition) is 1. The first-order valence-corrected chi connectivity index (χ1v) is 5.17. The normalized spacial score (nSPS) is 12.7. The van der Waals surface area contributed by atoms with E-state index in [1.54, 1.807) is 10.9 Å². The molecular formula is C11H15N5. The van der Waals surface area contributed by atoms with Crippen LogP contribution in [0.3, 0.4) is 0 Å². The molecule has 0 radical (unpaired) electrons. The van der Waals surface area contributed by atoms with Gasteiger partial charge in [-0.3, -0.25) is 4.68 Å². The van der Waals surface area contributed by atoms with Crippen molar-refractivity contribution in [1.29, 1.82) is 0 Å². The van der Waals surface area contributed by atoms with Gasteiger partial charge in [0.15, 0.2) is 0 Å². The van der Waals surface area contributed by atoms with Crippen LogP contribution in [0.4, 0.5) is 0 Å². The molecular weight excluding hydrogens is 202 g/mol. The summed E-state index contributed by atoms with van der Waals surface area (Å²) in [5.41, 5.74) is 1.90. The van der Waals surface area contributed by atoms with Crippen LogP contribution in [0.25, 0.3) is 0 Å². The van der Waals surface area contributed by atoms with Crippen molar-refractivity contribution >= 4 is 0 Å². The van der Waals surface area contributed by atoms with E-state index in [1.165, 1.54) is 0 Å². The van der Waals surface area contributed by atoms with E-state index in [0.717, 1.165) is 17.2 Å². The average Bonchev–Trinajstić information content (AvgIpc) is 2.66. The predicted octanol–water partition coefficient (Wildman–Crippen LogP) is 0.827. The van der Waals surface area contributed by atoms with Crippen LogP contribution in [0.1, 0.15) is 23.3 Å². The van der Waals surface area contributed by atoms with Crippen LogP contribution in [-0.2, 0) is 7.05 Å². The van der Waals surface area contributed by atoms with Crippen molar-refractivity contribution in [3.8, 4) is 0 Å². The lowest BCUT2D eigenvalue weighted by Crippen LogP contribution is -2.20. The molecule has 2 heterocycles. The Balaban J connectivity index is 2.36. The number of nitrogens with one attached hydrogen (secondary N) is 1. The summed E-state index contributed by atoms with van der Waals surface area (Å²) in [7, 11) is 3.80. The Hall–Kier alpha value is -1.75. The Morgan fingerprint density at radius 3 is 2.69 bits per heavy atom. The van der Waals surface area contributed by atoms with E-state index in [4.69, 9.17) is 0 Å². The summed E-state index contributed by atoms with van der Waals surface area (Å²) in [5.74, 6) is 0.772. The van der Waals surface area contributed by atoms with Crippen LogP contribution in [0, 0.1) is 6.92 Å². The van der Waals surface area contributed by atoms with Crippen LogP contribution < -0.4 is 5.32 Å². The molecule has 0 saturated heterocycles. The van der Waals surface area contributed by atoms with Gasteiger partial charge in [-0.05, 0) is 26.1 Å². The van der Waals surface area contributed by atoms with E-state index in [-0.39, 0.29) is 6.04 Å². The second-order valence-corrected chi connectivity index (χ2v) is 3.66. The smallest absolute Gasteiger partial charge is 0.125 e. The highest BCUT2D eigenvalue weighted by Crippen LogP contribution is 2.17. The van der Waals surface area contributed by atoms with E-state index in [0.29, 0.717) is 0 Å². The molecule has 2 rings (SSSR count). The van der Waals surface area contributed by atoms with Crippen molar-refractivity contribution in [2.45, 2.75) is 13.0 Å². The van der Waals surface area contributed by atoms with Crippen molar-refractivity contribution < 1.29 is 0 Å². The summed E-state index contributed by atoms with van der Waals surface area (Å²) < 4.78 is 1.79. The fourth-order valence-electron chi connectivity index (χ4n) is 1.67. The molecule has 0 aliphatic heterocycles. The van der Waals surface area contributed by atoms with E-state index >= 15 is 0 Å². The summed E-state index contributed by atoms with van der Waals surface area (Å²) in [6, 6.07) is 3.91. The Labute approximate surface area is 94.5 Å². The quantitative estimate of drug-likeness (QED) is 0.827. The summed E-state index contributed by atoms with van der Waals surface area (Å²) >= 11 is 0. The van der Waals surface area contributed by atoms with Crippen molar-refractivity contribution in [3.63, 3.8) is 0 Å². The molecule has 2 aromatic rings. The zero-order valence-corrected chi connectivity index (χ0v) is 9.68. The number of aryl methyl sites for hydroxylation is 2. The minimum absolute atomic E-state index is 0.0166. The highest BCUT2D eigenvalue weighted by molar-refractivity contribution is 5.20. The molecule has 2 aromatic heterocycles. The molecule has 0 aliphatic rings. The highest BCUT2D eigenvalue weighted by Gasteiger charge is 2.15. The maximum absolute atomic E-state index is 4.41. The molecule has 1 atom stereocenters. The third-order valence-corrected chi connectivity index (χ3v) is 2.41. The lowest BCUT2D eigenvalue weighted by molar-refractivity contribution is 0.624. The second kappa shape index (κ2) is 4.40. The minimum atomic E-state index is 0.0166. The van der Waals surface area contributed by atoms with Crippen LogP contribution in [-0.4, -0.2) is 26.8 Å². The van der Waals surface area contributed by atoms with Gasteiger partial charge in [-0.15, -0.1) is 0 Å². The first-order valence-electron chi connectivity index (χ1n) is 5.17. The molecule has 1 N–H and O–H groups in total. The van der Waals surface area contributed by atoms with Crippen LogP contribution in [0.5, 0.6) is 0 Å². The summed E-state index contributed by atoms with van der Waals surface area (Å²) in [5, 5.41) is 7.59. The summed E-state index contributed by atoms with van der Waals surface area (Å²) in [6.07, 6.45) is 3.69. The van der Waals surface area contributed by atoms with Gasteiger partial charge in [-0.2, -0.15) is 5.10 Å². The van der Waals surface area contributed by atoms with Gasteiger partial charge in [-0.1, -0.05) is 0 Å². The van der Waals surface area contributed by atoms with Gasteiger partial charge in [0, 0.05) is 19.4 Å². The van der Waals surface area contributed by atoms with E-state index in [9.17, 15) is 0 Å². The van der Waals surface area contributed by atoms with E-state index < -0.39 is 0 Å². The fraction of sp³-hybridized carbons (Fsp3) is 0.364. The molecule has 0 aromatic carbocycles. The SMILES string of the molecule is CNC(c1ccnc(C)n1)c1ccn(C)n1. The molecule has 0 bridgehead atoms. The number of nitrogens with zero attached hydrogens (tertiary/aromatic N) is 4. The standard InChI is InChI=1S/C11H15N5/c1-8-13-6-4-9(14-8)11(12-2)10-5-7-16(3)15-10/h4-7,11-12H,1-3H3. The monoisotopic (exact) mass is 217 g/mol. The van der Waals surface area contributed by atoms with Gasteiger partial charge in [-0.25, -0.2) is 9.97 Å². The molecule has 0 amide bonds.